The van der Waals surface area contributed by atoms with E-state index in [2.05, 4.69) is 4.90 Å². The monoisotopic (exact) mass is 271 g/mol. The van der Waals surface area contributed by atoms with Crippen LogP contribution in [-0.2, 0) is 6.54 Å². The molecule has 100 valence electrons. The lowest BCUT2D eigenvalue weighted by Gasteiger charge is -2.34. The van der Waals surface area contributed by atoms with E-state index in [1.54, 1.807) is 12.1 Å². The largest absolute Gasteiger partial charge is 0.494 e. The van der Waals surface area contributed by atoms with E-state index in [9.17, 15) is 4.39 Å². The van der Waals surface area contributed by atoms with Gasteiger partial charge in [0.25, 0.3) is 0 Å². The summed E-state index contributed by atoms with van der Waals surface area (Å²) in [5.74, 6) is 0.652. The number of piperidine rings is 1. The second kappa shape index (κ2) is 6.39. The van der Waals surface area contributed by atoms with Crippen molar-refractivity contribution in [2.24, 2.45) is 0 Å². The molecule has 2 rings (SSSR count). The number of benzene rings is 1. The number of hydrogen-bond donors (Lipinski definition) is 0. The van der Waals surface area contributed by atoms with E-state index >= 15 is 0 Å². The van der Waals surface area contributed by atoms with Crippen molar-refractivity contribution in [2.75, 3.05) is 19.5 Å². The lowest BCUT2D eigenvalue weighted by Crippen LogP contribution is -2.40. The molecule has 1 aromatic rings. The van der Waals surface area contributed by atoms with E-state index in [-0.39, 0.29) is 5.82 Å². The van der Waals surface area contributed by atoms with Crippen LogP contribution in [-0.4, -0.2) is 30.5 Å². The minimum absolute atomic E-state index is 0.297. The Morgan fingerprint density at radius 3 is 2.94 bits per heavy atom. The maximum absolute atomic E-state index is 13.6. The van der Waals surface area contributed by atoms with Crippen molar-refractivity contribution in [2.45, 2.75) is 31.8 Å². The summed E-state index contributed by atoms with van der Waals surface area (Å²) in [5, 5.41) is 0. The first kappa shape index (κ1) is 13.6. The molecule has 0 saturated carbocycles. The van der Waals surface area contributed by atoms with Crippen LogP contribution in [0.15, 0.2) is 18.2 Å². The molecule has 18 heavy (non-hydrogen) atoms. The molecule has 1 unspecified atom stereocenters. The van der Waals surface area contributed by atoms with Crippen molar-refractivity contribution in [3.8, 4) is 5.75 Å². The van der Waals surface area contributed by atoms with Crippen LogP contribution >= 0.6 is 11.6 Å². The van der Waals surface area contributed by atoms with Crippen LogP contribution in [0.2, 0.25) is 0 Å². The predicted octanol–water partition coefficient (Wildman–Crippen LogP) is 3.43. The Bertz CT molecular complexity index is 399. The Hall–Kier alpha value is -0.800. The molecule has 0 bridgehead atoms. The average Bonchev–Trinajstić information content (AvgIpc) is 2.39. The topological polar surface area (TPSA) is 12.5 Å². The van der Waals surface area contributed by atoms with Crippen LogP contribution in [0.3, 0.4) is 0 Å². The van der Waals surface area contributed by atoms with Gasteiger partial charge in [-0.2, -0.15) is 0 Å². The number of alkyl halides is 1. The molecule has 1 fully saturated rings. The zero-order chi connectivity index (χ0) is 13.0. The highest BCUT2D eigenvalue weighted by Gasteiger charge is 2.21. The van der Waals surface area contributed by atoms with Crippen molar-refractivity contribution < 1.29 is 9.13 Å². The molecule has 0 amide bonds. The fraction of sp³-hybridized carbons (Fsp3) is 0.571. The minimum Gasteiger partial charge on any atom is -0.494 e. The maximum Gasteiger partial charge on any atom is 0.165 e. The first-order valence-corrected chi connectivity index (χ1v) is 6.90. The van der Waals surface area contributed by atoms with Crippen LogP contribution in [0.1, 0.15) is 24.8 Å². The predicted molar refractivity (Wildman–Crippen MR) is 71.7 cm³/mol. The Balaban J connectivity index is 2.05. The van der Waals surface area contributed by atoms with Gasteiger partial charge in [-0.1, -0.05) is 12.5 Å². The standard InChI is InChI=1S/C14H19ClFNO/c1-18-14-6-5-11(8-13(14)16)10-17-7-3-2-4-12(17)9-15/h5-6,8,12H,2-4,7,9-10H2,1H3. The van der Waals surface area contributed by atoms with Crippen LogP contribution in [0.5, 0.6) is 5.75 Å². The van der Waals surface area contributed by atoms with Crippen LogP contribution in [0.25, 0.3) is 0 Å². The summed E-state index contributed by atoms with van der Waals surface area (Å²) in [4.78, 5) is 2.34. The number of methoxy groups -OCH3 is 1. The highest BCUT2D eigenvalue weighted by molar-refractivity contribution is 6.18. The molecular formula is C14H19ClFNO. The summed E-state index contributed by atoms with van der Waals surface area (Å²) >= 11 is 5.98. The van der Waals surface area contributed by atoms with E-state index in [4.69, 9.17) is 16.3 Å². The van der Waals surface area contributed by atoms with Crippen molar-refractivity contribution in [3.63, 3.8) is 0 Å². The molecular weight excluding hydrogens is 253 g/mol. The van der Waals surface area contributed by atoms with Crippen molar-refractivity contribution >= 4 is 11.6 Å². The molecule has 1 atom stereocenters. The Morgan fingerprint density at radius 1 is 1.44 bits per heavy atom. The Kier molecular flexibility index (Phi) is 4.84. The first-order chi connectivity index (χ1) is 8.74. The van der Waals surface area contributed by atoms with Crippen molar-refractivity contribution in [3.05, 3.63) is 29.6 Å². The lowest BCUT2D eigenvalue weighted by atomic mass is 10.0. The number of likely N-dealkylation sites (tertiary alicyclic amines) is 1. The molecule has 1 heterocycles. The van der Waals surface area contributed by atoms with E-state index in [0.717, 1.165) is 25.1 Å². The van der Waals surface area contributed by atoms with Crippen molar-refractivity contribution in [1.29, 1.82) is 0 Å². The number of hydrogen-bond acceptors (Lipinski definition) is 2. The number of halogens is 2. The van der Waals surface area contributed by atoms with Gasteiger partial charge >= 0.3 is 0 Å². The third-order valence-electron chi connectivity index (χ3n) is 3.53. The van der Waals surface area contributed by atoms with Gasteiger partial charge in [-0.15, -0.1) is 11.6 Å². The van der Waals surface area contributed by atoms with Gasteiger partial charge in [-0.25, -0.2) is 4.39 Å². The number of ether oxygens (including phenoxy) is 1. The van der Waals surface area contributed by atoms with E-state index in [0.29, 0.717) is 17.7 Å². The third-order valence-corrected chi connectivity index (χ3v) is 3.89. The summed E-state index contributed by atoms with van der Waals surface area (Å²) in [6.45, 7) is 1.81. The van der Waals surface area contributed by atoms with Crippen LogP contribution in [0, 0.1) is 5.82 Å². The minimum atomic E-state index is -0.297. The fourth-order valence-corrected chi connectivity index (χ4v) is 2.84. The lowest BCUT2D eigenvalue weighted by molar-refractivity contribution is 0.154. The van der Waals surface area contributed by atoms with Gasteiger partial charge in [0.05, 0.1) is 7.11 Å². The molecule has 1 aliphatic heterocycles. The zero-order valence-electron chi connectivity index (χ0n) is 10.7. The summed E-state index contributed by atoms with van der Waals surface area (Å²) in [6, 6.07) is 5.58. The molecule has 0 aromatic heterocycles. The van der Waals surface area contributed by atoms with Gasteiger partial charge < -0.3 is 4.74 Å². The fourth-order valence-electron chi connectivity index (χ4n) is 2.49. The zero-order valence-corrected chi connectivity index (χ0v) is 11.4. The van der Waals surface area contributed by atoms with E-state index in [1.807, 2.05) is 6.07 Å². The maximum atomic E-state index is 13.6. The quantitative estimate of drug-likeness (QED) is 0.778. The summed E-state index contributed by atoms with van der Waals surface area (Å²) in [6.07, 6.45) is 3.58. The molecule has 1 saturated heterocycles. The van der Waals surface area contributed by atoms with Crippen LogP contribution < -0.4 is 4.74 Å². The highest BCUT2D eigenvalue weighted by atomic mass is 35.5. The number of rotatable bonds is 4. The van der Waals surface area contributed by atoms with E-state index in [1.165, 1.54) is 20.0 Å². The third kappa shape index (κ3) is 3.15. The van der Waals surface area contributed by atoms with Crippen LogP contribution in [0.4, 0.5) is 4.39 Å². The molecule has 0 aliphatic carbocycles. The highest BCUT2D eigenvalue weighted by Crippen LogP contribution is 2.23. The average molecular weight is 272 g/mol. The normalized spacial score (nSPS) is 20.9. The van der Waals surface area contributed by atoms with Gasteiger partial charge in [0.2, 0.25) is 0 Å². The second-order valence-corrected chi connectivity index (χ2v) is 5.05. The smallest absolute Gasteiger partial charge is 0.165 e. The van der Waals surface area contributed by atoms with Crippen molar-refractivity contribution in [1.82, 2.24) is 4.90 Å². The summed E-state index contributed by atoms with van der Waals surface area (Å²) in [7, 11) is 1.48. The first-order valence-electron chi connectivity index (χ1n) is 6.37. The molecule has 1 aliphatic rings. The van der Waals surface area contributed by atoms with Gasteiger partial charge in [0.15, 0.2) is 11.6 Å². The van der Waals surface area contributed by atoms with Gasteiger partial charge in [0.1, 0.15) is 0 Å². The molecule has 0 spiro atoms. The molecule has 4 heteroatoms. The number of nitrogens with zero attached hydrogens (tertiary/aromatic N) is 1. The molecule has 1 aromatic carbocycles. The SMILES string of the molecule is COc1ccc(CN2CCCCC2CCl)cc1F. The summed E-state index contributed by atoms with van der Waals surface area (Å²) < 4.78 is 18.5. The molecule has 2 nitrogen and oxygen atoms in total. The van der Waals surface area contributed by atoms with E-state index < -0.39 is 0 Å². The molecule has 0 radical (unpaired) electrons. The Morgan fingerprint density at radius 2 is 2.28 bits per heavy atom. The van der Waals surface area contributed by atoms with Gasteiger partial charge in [-0.05, 0) is 37.1 Å². The summed E-state index contributed by atoms with van der Waals surface area (Å²) in [5.41, 5.74) is 0.977. The Labute approximate surface area is 113 Å². The van der Waals surface area contributed by atoms with Gasteiger partial charge in [-0.3, -0.25) is 4.90 Å². The second-order valence-electron chi connectivity index (χ2n) is 4.74. The molecule has 0 N–H and O–H groups in total. The van der Waals surface area contributed by atoms with Gasteiger partial charge in [0, 0.05) is 18.5 Å².